The Balaban J connectivity index is 2.47. The second-order valence-corrected chi connectivity index (χ2v) is 7.34. The molecule has 0 unspecified atom stereocenters. The van der Waals surface area contributed by atoms with Crippen LogP contribution in [0.5, 0.6) is 0 Å². The third-order valence-corrected chi connectivity index (χ3v) is 5.12. The molecule has 0 fully saturated rings. The van der Waals surface area contributed by atoms with Crippen LogP contribution in [-0.4, -0.2) is 18.0 Å². The predicted octanol–water partition coefficient (Wildman–Crippen LogP) is 3.25. The topological polar surface area (TPSA) is 64.0 Å². The number of halogens is 2. The van der Waals surface area contributed by atoms with Gasteiger partial charge in [-0.25, -0.2) is 4.98 Å². The predicted molar refractivity (Wildman–Crippen MR) is 82.6 cm³/mol. The van der Waals surface area contributed by atoms with E-state index in [0.29, 0.717) is 5.69 Å². The largest absolute Gasteiger partial charge is 0.324 e. The van der Waals surface area contributed by atoms with Gasteiger partial charge in [0.2, 0.25) is 5.03 Å². The highest BCUT2D eigenvalue weighted by Crippen LogP contribution is 2.28. The van der Waals surface area contributed by atoms with Crippen LogP contribution in [0.1, 0.15) is 11.1 Å². The van der Waals surface area contributed by atoms with Crippen LogP contribution in [0.2, 0.25) is 5.15 Å². The van der Waals surface area contributed by atoms with Crippen molar-refractivity contribution in [2.45, 2.75) is 18.9 Å². The van der Waals surface area contributed by atoms with Gasteiger partial charge in [-0.05, 0) is 37.1 Å². The number of imidazole rings is 1. The maximum Gasteiger partial charge on any atom is 0.282 e. The van der Waals surface area contributed by atoms with Crippen molar-refractivity contribution in [3.05, 3.63) is 39.2 Å². The molecule has 5 nitrogen and oxygen atoms in total. The molecule has 0 saturated carbocycles. The normalized spacial score (nSPS) is 11.7. The van der Waals surface area contributed by atoms with Crippen molar-refractivity contribution in [3.8, 4) is 0 Å². The minimum absolute atomic E-state index is 0.0740. The van der Waals surface area contributed by atoms with Crippen molar-refractivity contribution in [2.75, 3.05) is 4.72 Å². The van der Waals surface area contributed by atoms with Gasteiger partial charge < -0.3 is 4.57 Å². The van der Waals surface area contributed by atoms with E-state index in [-0.39, 0.29) is 10.2 Å². The van der Waals surface area contributed by atoms with Gasteiger partial charge in [0, 0.05) is 11.5 Å². The molecule has 108 valence electrons. The summed E-state index contributed by atoms with van der Waals surface area (Å²) in [5.74, 6) is 0. The van der Waals surface area contributed by atoms with Crippen LogP contribution in [0.25, 0.3) is 0 Å². The Kier molecular flexibility index (Phi) is 4.13. The van der Waals surface area contributed by atoms with Gasteiger partial charge in [0.15, 0.2) is 0 Å². The third-order valence-electron chi connectivity index (χ3n) is 2.82. The molecule has 0 aliphatic carbocycles. The first-order chi connectivity index (χ1) is 9.22. The minimum atomic E-state index is -3.81. The van der Waals surface area contributed by atoms with E-state index in [2.05, 4.69) is 25.6 Å². The van der Waals surface area contributed by atoms with Gasteiger partial charge in [-0.2, -0.15) is 8.42 Å². The van der Waals surface area contributed by atoms with Gasteiger partial charge >= 0.3 is 0 Å². The number of hydrogen-bond donors (Lipinski definition) is 1. The Hall–Kier alpha value is -1.05. The zero-order valence-corrected chi connectivity index (χ0v) is 14.3. The number of nitrogens with zero attached hydrogens (tertiary/aromatic N) is 2. The van der Waals surface area contributed by atoms with Gasteiger partial charge in [-0.15, -0.1) is 0 Å². The molecule has 0 atom stereocenters. The van der Waals surface area contributed by atoms with Gasteiger partial charge in [0.25, 0.3) is 10.0 Å². The standard InChI is InChI=1S/C12H13BrClN3O2S/c1-7-4-9(13)5-8(2)10(7)16-20(18,19)12-11(14)17(3)6-15-12/h4-6,16H,1-3H3. The lowest BCUT2D eigenvalue weighted by atomic mass is 10.1. The van der Waals surface area contributed by atoms with Crippen LogP contribution in [-0.2, 0) is 17.1 Å². The van der Waals surface area contributed by atoms with Crippen LogP contribution in [0, 0.1) is 13.8 Å². The molecule has 1 aromatic carbocycles. The highest BCUT2D eigenvalue weighted by Gasteiger charge is 2.23. The fourth-order valence-electron chi connectivity index (χ4n) is 1.83. The average Bonchev–Trinajstić information content (AvgIpc) is 2.65. The van der Waals surface area contributed by atoms with E-state index < -0.39 is 10.0 Å². The van der Waals surface area contributed by atoms with Crippen LogP contribution in [0.3, 0.4) is 0 Å². The highest BCUT2D eigenvalue weighted by atomic mass is 79.9. The van der Waals surface area contributed by atoms with E-state index in [4.69, 9.17) is 11.6 Å². The minimum Gasteiger partial charge on any atom is -0.324 e. The van der Waals surface area contributed by atoms with Crippen LogP contribution in [0.15, 0.2) is 28.0 Å². The molecule has 0 bridgehead atoms. The Morgan fingerprint density at radius 1 is 1.30 bits per heavy atom. The molecule has 8 heteroatoms. The molecule has 20 heavy (non-hydrogen) atoms. The fourth-order valence-corrected chi connectivity index (χ4v) is 4.15. The number of aryl methyl sites for hydroxylation is 3. The molecule has 0 spiro atoms. The lowest BCUT2D eigenvalue weighted by molar-refractivity contribution is 0.598. The van der Waals surface area contributed by atoms with Crippen LogP contribution >= 0.6 is 27.5 Å². The Labute approximate surface area is 131 Å². The van der Waals surface area contributed by atoms with Gasteiger partial charge in [0.05, 0.1) is 12.0 Å². The van der Waals surface area contributed by atoms with Crippen molar-refractivity contribution in [1.82, 2.24) is 9.55 Å². The van der Waals surface area contributed by atoms with Gasteiger partial charge in [-0.3, -0.25) is 4.72 Å². The second kappa shape index (κ2) is 5.38. The number of sulfonamides is 1. The van der Waals surface area contributed by atoms with Crippen molar-refractivity contribution in [1.29, 1.82) is 0 Å². The van der Waals surface area contributed by atoms with Crippen molar-refractivity contribution < 1.29 is 8.42 Å². The van der Waals surface area contributed by atoms with Crippen molar-refractivity contribution in [2.24, 2.45) is 7.05 Å². The van der Waals surface area contributed by atoms with E-state index in [9.17, 15) is 8.42 Å². The Morgan fingerprint density at radius 3 is 2.30 bits per heavy atom. The van der Waals surface area contributed by atoms with Crippen LogP contribution in [0.4, 0.5) is 5.69 Å². The first kappa shape index (κ1) is 15.3. The monoisotopic (exact) mass is 377 g/mol. The number of nitrogens with one attached hydrogen (secondary N) is 1. The summed E-state index contributed by atoms with van der Waals surface area (Å²) in [6, 6.07) is 3.68. The summed E-state index contributed by atoms with van der Waals surface area (Å²) in [5, 5.41) is -0.103. The molecule has 0 aliphatic heterocycles. The maximum absolute atomic E-state index is 12.3. The number of benzene rings is 1. The van der Waals surface area contributed by atoms with Crippen LogP contribution < -0.4 is 4.72 Å². The zero-order valence-electron chi connectivity index (χ0n) is 11.1. The zero-order chi connectivity index (χ0) is 15.1. The Morgan fingerprint density at radius 2 is 1.85 bits per heavy atom. The molecule has 1 aromatic heterocycles. The maximum atomic E-state index is 12.3. The van der Waals surface area contributed by atoms with E-state index in [1.807, 2.05) is 26.0 Å². The molecule has 0 aliphatic rings. The smallest absolute Gasteiger partial charge is 0.282 e. The van der Waals surface area contributed by atoms with E-state index in [1.165, 1.54) is 10.9 Å². The molecule has 0 saturated heterocycles. The molecule has 2 rings (SSSR count). The molecular weight excluding hydrogens is 366 g/mol. The first-order valence-corrected chi connectivity index (χ1v) is 8.34. The van der Waals surface area contributed by atoms with E-state index in [0.717, 1.165) is 15.6 Å². The quantitative estimate of drug-likeness (QED) is 0.891. The SMILES string of the molecule is Cc1cc(Br)cc(C)c1NS(=O)(=O)c1ncn(C)c1Cl. The van der Waals surface area contributed by atoms with E-state index in [1.54, 1.807) is 7.05 Å². The molecular formula is C12H13BrClN3O2S. The first-order valence-electron chi connectivity index (χ1n) is 5.69. The number of anilines is 1. The summed E-state index contributed by atoms with van der Waals surface area (Å²) in [5.41, 5.74) is 2.16. The third kappa shape index (κ3) is 2.84. The second-order valence-electron chi connectivity index (χ2n) is 4.47. The van der Waals surface area contributed by atoms with Crippen molar-refractivity contribution in [3.63, 3.8) is 0 Å². The molecule has 2 aromatic rings. The molecule has 0 amide bonds. The number of rotatable bonds is 3. The fraction of sp³-hybridized carbons (Fsp3) is 0.250. The molecule has 1 N–H and O–H groups in total. The number of aromatic nitrogens is 2. The van der Waals surface area contributed by atoms with Crippen molar-refractivity contribution >= 4 is 43.2 Å². The number of hydrogen-bond acceptors (Lipinski definition) is 3. The summed E-state index contributed by atoms with van der Waals surface area (Å²) in [4.78, 5) is 3.83. The summed E-state index contributed by atoms with van der Waals surface area (Å²) < 4.78 is 29.6. The molecule has 0 radical (unpaired) electrons. The lowest BCUT2D eigenvalue weighted by Gasteiger charge is -2.13. The summed E-state index contributed by atoms with van der Waals surface area (Å²) in [6.45, 7) is 3.66. The lowest BCUT2D eigenvalue weighted by Crippen LogP contribution is -2.15. The summed E-state index contributed by atoms with van der Waals surface area (Å²) in [6.07, 6.45) is 1.36. The van der Waals surface area contributed by atoms with Gasteiger partial charge in [-0.1, -0.05) is 27.5 Å². The Bertz CT molecular complexity index is 748. The van der Waals surface area contributed by atoms with Gasteiger partial charge in [0.1, 0.15) is 5.15 Å². The summed E-state index contributed by atoms with van der Waals surface area (Å²) >= 11 is 9.31. The highest BCUT2D eigenvalue weighted by molar-refractivity contribution is 9.10. The average molecular weight is 379 g/mol. The summed E-state index contributed by atoms with van der Waals surface area (Å²) in [7, 11) is -2.18. The van der Waals surface area contributed by atoms with E-state index >= 15 is 0 Å². The molecule has 1 heterocycles.